The summed E-state index contributed by atoms with van der Waals surface area (Å²) in [6, 6.07) is 15.0. The van der Waals surface area contributed by atoms with Crippen LogP contribution >= 0.6 is 11.8 Å². The molecule has 1 aliphatic rings. The minimum atomic E-state index is -1.10. The van der Waals surface area contributed by atoms with E-state index in [-0.39, 0.29) is 24.1 Å². The van der Waals surface area contributed by atoms with E-state index >= 15 is 0 Å². The summed E-state index contributed by atoms with van der Waals surface area (Å²) >= 11 is 1.10. The van der Waals surface area contributed by atoms with E-state index in [1.54, 1.807) is 20.8 Å². The Morgan fingerprint density at radius 2 is 1.56 bits per heavy atom. The average Bonchev–Trinajstić information content (AvgIpc) is 3.04. The molecule has 6 nitrogen and oxygen atoms in total. The molecule has 0 bridgehead atoms. The molecule has 1 aliphatic carbocycles. The highest BCUT2D eigenvalue weighted by atomic mass is 32.2. The molecule has 0 saturated carbocycles. The van der Waals surface area contributed by atoms with Crippen molar-refractivity contribution in [2.24, 2.45) is 0 Å². The van der Waals surface area contributed by atoms with Gasteiger partial charge in [-0.05, 0) is 48.8 Å². The number of benzene rings is 2. The maximum Gasteiger partial charge on any atom is 0.407 e. The van der Waals surface area contributed by atoms with Crippen molar-refractivity contribution >= 4 is 28.9 Å². The number of nitrogens with one attached hydrogen (secondary N) is 1. The van der Waals surface area contributed by atoms with Gasteiger partial charge in [0.25, 0.3) is 0 Å². The number of hydrogen-bond acceptors (Lipinski definition) is 6. The van der Waals surface area contributed by atoms with E-state index in [1.807, 2.05) is 43.3 Å². The summed E-state index contributed by atoms with van der Waals surface area (Å²) in [4.78, 5) is 37.3. The fraction of sp³-hybridized carbons (Fsp3) is 0.400. The van der Waals surface area contributed by atoms with Crippen LogP contribution in [0.4, 0.5) is 4.79 Å². The quantitative estimate of drug-likeness (QED) is 0.598. The monoisotopic (exact) mass is 455 g/mol. The van der Waals surface area contributed by atoms with E-state index in [0.29, 0.717) is 5.75 Å². The van der Waals surface area contributed by atoms with Crippen molar-refractivity contribution in [1.29, 1.82) is 0 Å². The van der Waals surface area contributed by atoms with E-state index < -0.39 is 23.7 Å². The molecule has 0 saturated heterocycles. The smallest absolute Gasteiger partial charge is 0.407 e. The van der Waals surface area contributed by atoms with Crippen molar-refractivity contribution in [3.8, 4) is 11.1 Å². The first-order valence-corrected chi connectivity index (χ1v) is 11.7. The summed E-state index contributed by atoms with van der Waals surface area (Å²) in [7, 11) is 0. The lowest BCUT2D eigenvalue weighted by atomic mass is 9.98. The lowest BCUT2D eigenvalue weighted by Crippen LogP contribution is -2.45. The van der Waals surface area contributed by atoms with Crippen LogP contribution in [0.1, 0.15) is 51.2 Å². The normalized spacial score (nSPS) is 13.6. The van der Waals surface area contributed by atoms with Crippen LogP contribution in [-0.2, 0) is 19.1 Å². The van der Waals surface area contributed by atoms with Crippen molar-refractivity contribution in [2.45, 2.75) is 51.7 Å². The lowest BCUT2D eigenvalue weighted by molar-refractivity contribution is -0.158. The number of amides is 1. The van der Waals surface area contributed by atoms with Crippen molar-refractivity contribution in [1.82, 2.24) is 5.32 Å². The zero-order chi connectivity index (χ0) is 23.3. The highest BCUT2D eigenvalue weighted by molar-refractivity contribution is 8.13. The van der Waals surface area contributed by atoms with Gasteiger partial charge in [-0.15, -0.1) is 0 Å². The van der Waals surface area contributed by atoms with Crippen molar-refractivity contribution in [3.63, 3.8) is 0 Å². The first-order valence-electron chi connectivity index (χ1n) is 10.7. The fourth-order valence-corrected chi connectivity index (χ4v) is 4.34. The third-order valence-electron chi connectivity index (χ3n) is 5.00. The van der Waals surface area contributed by atoms with Crippen LogP contribution in [-0.4, -0.2) is 41.2 Å². The van der Waals surface area contributed by atoms with Crippen LogP contribution in [0, 0.1) is 0 Å². The molecular weight excluding hydrogens is 426 g/mol. The minimum absolute atomic E-state index is 0.0922. The molecule has 2 aromatic carbocycles. The van der Waals surface area contributed by atoms with Crippen molar-refractivity contribution in [2.75, 3.05) is 12.4 Å². The molecule has 1 N–H and O–H groups in total. The molecule has 1 amide bonds. The third kappa shape index (κ3) is 5.91. The molecular formula is C25H29NO5S. The van der Waals surface area contributed by atoms with E-state index in [1.165, 1.54) is 0 Å². The van der Waals surface area contributed by atoms with Gasteiger partial charge in [0.1, 0.15) is 18.2 Å². The number of rotatable bonds is 7. The molecule has 0 unspecified atom stereocenters. The second kappa shape index (κ2) is 10.2. The van der Waals surface area contributed by atoms with Gasteiger partial charge in [-0.1, -0.05) is 67.2 Å². The number of hydrogen-bond donors (Lipinski definition) is 1. The summed E-state index contributed by atoms with van der Waals surface area (Å²) in [6.45, 7) is 7.18. The van der Waals surface area contributed by atoms with E-state index in [2.05, 4.69) is 17.4 Å². The molecule has 32 heavy (non-hydrogen) atoms. The number of fused-ring (bicyclic) bond motifs is 3. The minimum Gasteiger partial charge on any atom is -0.458 e. The molecule has 7 heteroatoms. The second-order valence-electron chi connectivity index (χ2n) is 8.57. The average molecular weight is 456 g/mol. The predicted molar refractivity (Wildman–Crippen MR) is 126 cm³/mol. The zero-order valence-electron chi connectivity index (χ0n) is 18.8. The number of alkyl carbamates (subject to hydrolysis) is 1. The van der Waals surface area contributed by atoms with Gasteiger partial charge in [-0.25, -0.2) is 9.59 Å². The van der Waals surface area contributed by atoms with Gasteiger partial charge in [-0.2, -0.15) is 0 Å². The Morgan fingerprint density at radius 1 is 1.00 bits per heavy atom. The Balaban J connectivity index is 1.68. The Morgan fingerprint density at radius 3 is 2.09 bits per heavy atom. The molecule has 0 fully saturated rings. The highest BCUT2D eigenvalue weighted by Gasteiger charge is 2.31. The zero-order valence-corrected chi connectivity index (χ0v) is 19.7. The summed E-state index contributed by atoms with van der Waals surface area (Å²) in [5, 5.41) is 2.34. The summed E-state index contributed by atoms with van der Waals surface area (Å²) in [5.41, 5.74) is 3.72. The first kappa shape index (κ1) is 23.9. The van der Waals surface area contributed by atoms with Crippen LogP contribution in [0.25, 0.3) is 11.1 Å². The van der Waals surface area contributed by atoms with Gasteiger partial charge >= 0.3 is 12.1 Å². The molecule has 0 radical (unpaired) electrons. The van der Waals surface area contributed by atoms with Gasteiger partial charge in [0.15, 0.2) is 5.12 Å². The Bertz CT molecular complexity index is 952. The van der Waals surface area contributed by atoms with E-state index in [0.717, 1.165) is 34.0 Å². The largest absolute Gasteiger partial charge is 0.458 e. The van der Waals surface area contributed by atoms with Gasteiger partial charge in [0.05, 0.1) is 0 Å². The molecule has 0 aliphatic heterocycles. The van der Waals surface area contributed by atoms with Gasteiger partial charge in [0.2, 0.25) is 0 Å². The van der Waals surface area contributed by atoms with E-state index in [9.17, 15) is 14.4 Å². The highest BCUT2D eigenvalue weighted by Crippen LogP contribution is 2.44. The van der Waals surface area contributed by atoms with Crippen molar-refractivity contribution < 1.29 is 23.9 Å². The maximum absolute atomic E-state index is 12.6. The van der Waals surface area contributed by atoms with E-state index in [4.69, 9.17) is 9.47 Å². The Hall–Kier alpha value is -2.80. The lowest BCUT2D eigenvalue weighted by Gasteiger charge is -2.24. The van der Waals surface area contributed by atoms with Crippen molar-refractivity contribution in [3.05, 3.63) is 59.7 Å². The molecule has 1 atom stereocenters. The van der Waals surface area contributed by atoms with Gasteiger partial charge < -0.3 is 14.8 Å². The summed E-state index contributed by atoms with van der Waals surface area (Å²) in [6.07, 6.45) is -0.908. The first-order chi connectivity index (χ1) is 15.2. The second-order valence-corrected chi connectivity index (χ2v) is 9.89. The summed E-state index contributed by atoms with van der Waals surface area (Å²) in [5.74, 6) is -0.161. The number of esters is 1. The molecule has 2 aromatic rings. The predicted octanol–water partition coefficient (Wildman–Crippen LogP) is 4.91. The number of thioether (sulfide) groups is 1. The standard InChI is InChI=1S/C25H29NO5S/c1-5-32-22(27)14-21(23(28)31-25(2,3)4)26-24(29)30-15-20-18-12-8-6-10-16(18)17-11-7-9-13-19(17)20/h6-13,20-21H,5,14-15H2,1-4H3,(H,26,29)/t21-/m0/s1. The van der Waals surface area contributed by atoms with Gasteiger partial charge in [0, 0.05) is 12.3 Å². The molecule has 0 heterocycles. The van der Waals surface area contributed by atoms with Crippen LogP contribution in [0.5, 0.6) is 0 Å². The van der Waals surface area contributed by atoms with Crippen LogP contribution < -0.4 is 5.32 Å². The maximum atomic E-state index is 12.6. The molecule has 0 aromatic heterocycles. The summed E-state index contributed by atoms with van der Waals surface area (Å²) < 4.78 is 10.9. The fourth-order valence-electron chi connectivity index (χ4n) is 3.74. The molecule has 3 rings (SSSR count). The molecule has 0 spiro atoms. The number of carbonyl (C=O) groups is 3. The van der Waals surface area contributed by atoms with Crippen LogP contribution in [0.2, 0.25) is 0 Å². The van der Waals surface area contributed by atoms with Crippen LogP contribution in [0.15, 0.2) is 48.5 Å². The molecule has 170 valence electrons. The number of carbonyl (C=O) groups excluding carboxylic acids is 3. The Kier molecular flexibility index (Phi) is 7.61. The SMILES string of the molecule is CCSC(=O)C[C@H](NC(=O)OCC1c2ccccc2-c2ccccc21)C(=O)OC(C)(C)C. The van der Waals surface area contributed by atoms with Crippen LogP contribution in [0.3, 0.4) is 0 Å². The number of ether oxygens (including phenoxy) is 2. The topological polar surface area (TPSA) is 81.7 Å². The van der Waals surface area contributed by atoms with Gasteiger partial charge in [-0.3, -0.25) is 4.79 Å². The Labute approximate surface area is 193 Å². The third-order valence-corrected chi connectivity index (χ3v) is 5.78.